The zero-order valence-corrected chi connectivity index (χ0v) is 19.3. The number of ether oxygens (including phenoxy) is 1. The fourth-order valence-corrected chi connectivity index (χ4v) is 4.01. The van der Waals surface area contributed by atoms with E-state index in [4.69, 9.17) is 21.5 Å². The van der Waals surface area contributed by atoms with Gasteiger partial charge in [0.1, 0.15) is 12.4 Å². The highest BCUT2D eigenvalue weighted by atomic mass is 79.9. The van der Waals surface area contributed by atoms with Crippen LogP contribution in [-0.2, 0) is 29.6 Å². The van der Waals surface area contributed by atoms with Crippen molar-refractivity contribution in [2.45, 2.75) is 24.5 Å². The third kappa shape index (κ3) is 6.55. The third-order valence-corrected chi connectivity index (χ3v) is 6.31. The molecule has 30 heavy (non-hydrogen) atoms. The zero-order chi connectivity index (χ0) is 21.6. The predicted molar refractivity (Wildman–Crippen MR) is 123 cm³/mol. The first kappa shape index (κ1) is 22.8. The van der Waals surface area contributed by atoms with Crippen molar-refractivity contribution in [2.24, 2.45) is 5.14 Å². The van der Waals surface area contributed by atoms with Crippen molar-refractivity contribution in [3.63, 3.8) is 0 Å². The number of nitrogens with two attached hydrogens (primary N) is 1. The number of hydrogen-bond acceptors (Lipinski definition) is 4. The highest BCUT2D eigenvalue weighted by Gasteiger charge is 2.08. The second-order valence-corrected chi connectivity index (χ2v) is 9.63. The van der Waals surface area contributed by atoms with Gasteiger partial charge in [0, 0.05) is 27.2 Å². The molecule has 0 spiro atoms. The summed E-state index contributed by atoms with van der Waals surface area (Å²) in [5.74, 6) is 0.795. The van der Waals surface area contributed by atoms with Gasteiger partial charge < -0.3 is 10.1 Å². The Balaban J connectivity index is 1.56. The molecule has 0 fully saturated rings. The maximum absolute atomic E-state index is 11.3. The quantitative estimate of drug-likeness (QED) is 0.411. The van der Waals surface area contributed by atoms with Crippen LogP contribution in [0, 0.1) is 0 Å². The van der Waals surface area contributed by atoms with E-state index < -0.39 is 10.0 Å². The Labute approximate surface area is 190 Å². The number of benzene rings is 3. The Morgan fingerprint density at radius 1 is 1.00 bits per heavy atom. The lowest BCUT2D eigenvalue weighted by Gasteiger charge is -2.14. The van der Waals surface area contributed by atoms with Gasteiger partial charge in [0.05, 0.1) is 4.90 Å². The molecule has 3 aromatic carbocycles. The molecule has 3 rings (SSSR count). The summed E-state index contributed by atoms with van der Waals surface area (Å²) in [5, 5.41) is 9.21. The molecule has 0 aliphatic heterocycles. The summed E-state index contributed by atoms with van der Waals surface area (Å²) in [4.78, 5) is 0.119. The Morgan fingerprint density at radius 3 is 2.43 bits per heavy atom. The van der Waals surface area contributed by atoms with E-state index in [1.54, 1.807) is 12.1 Å². The minimum absolute atomic E-state index is 0.119. The van der Waals surface area contributed by atoms with Crippen LogP contribution in [0.4, 0.5) is 0 Å². The summed E-state index contributed by atoms with van der Waals surface area (Å²) < 4.78 is 29.6. The Kier molecular flexibility index (Phi) is 7.91. The molecule has 0 saturated carbocycles. The maximum atomic E-state index is 11.3. The number of hydrogen-bond donors (Lipinski definition) is 2. The van der Waals surface area contributed by atoms with Crippen molar-refractivity contribution in [1.29, 1.82) is 0 Å². The maximum Gasteiger partial charge on any atom is 0.238 e. The largest absolute Gasteiger partial charge is 0.489 e. The van der Waals surface area contributed by atoms with Gasteiger partial charge in [-0.15, -0.1) is 0 Å². The number of primary sulfonamides is 1. The standard InChI is InChI=1S/C22H22BrClN2O3S/c23-19-7-10-22(29-15-17-3-1-2-4-21(17)24)18(13-19)14-26-12-11-16-5-8-20(9-6-16)30(25,27)28/h1-10,13,26H,11-12,14-15H2,(H2,25,27,28). The molecule has 0 saturated heterocycles. The molecule has 0 aromatic heterocycles. The van der Waals surface area contributed by atoms with Gasteiger partial charge in [-0.05, 0) is 54.9 Å². The van der Waals surface area contributed by atoms with Gasteiger partial charge in [0.25, 0.3) is 0 Å². The lowest BCUT2D eigenvalue weighted by Crippen LogP contribution is -2.17. The zero-order valence-electron chi connectivity index (χ0n) is 16.1. The number of halogens is 2. The molecule has 3 N–H and O–H groups in total. The predicted octanol–water partition coefficient (Wildman–Crippen LogP) is 4.66. The average molecular weight is 510 g/mol. The Bertz CT molecular complexity index is 1110. The first-order chi connectivity index (χ1) is 14.3. The van der Waals surface area contributed by atoms with E-state index in [2.05, 4.69) is 21.2 Å². The van der Waals surface area contributed by atoms with Crippen LogP contribution in [0.25, 0.3) is 0 Å². The fourth-order valence-electron chi connectivity index (χ4n) is 2.90. The first-order valence-electron chi connectivity index (χ1n) is 9.30. The van der Waals surface area contributed by atoms with E-state index in [1.807, 2.05) is 42.5 Å². The van der Waals surface area contributed by atoms with E-state index in [-0.39, 0.29) is 4.90 Å². The van der Waals surface area contributed by atoms with Gasteiger partial charge in [-0.3, -0.25) is 0 Å². The monoisotopic (exact) mass is 508 g/mol. The minimum Gasteiger partial charge on any atom is -0.489 e. The average Bonchev–Trinajstić information content (AvgIpc) is 2.71. The minimum atomic E-state index is -3.66. The molecular weight excluding hydrogens is 488 g/mol. The Hall–Kier alpha value is -1.90. The SMILES string of the molecule is NS(=O)(=O)c1ccc(CCNCc2cc(Br)ccc2OCc2ccccc2Cl)cc1. The van der Waals surface area contributed by atoms with E-state index in [1.165, 1.54) is 12.1 Å². The van der Waals surface area contributed by atoms with Crippen molar-refractivity contribution in [2.75, 3.05) is 6.54 Å². The van der Waals surface area contributed by atoms with Crippen LogP contribution in [0.3, 0.4) is 0 Å². The summed E-state index contributed by atoms with van der Waals surface area (Å²) in [6, 6.07) is 20.1. The summed E-state index contributed by atoms with van der Waals surface area (Å²) in [7, 11) is -3.66. The van der Waals surface area contributed by atoms with Crippen molar-refractivity contribution < 1.29 is 13.2 Å². The van der Waals surface area contributed by atoms with Crippen molar-refractivity contribution in [1.82, 2.24) is 5.32 Å². The van der Waals surface area contributed by atoms with Crippen molar-refractivity contribution in [3.05, 3.63) is 92.9 Å². The summed E-state index contributed by atoms with van der Waals surface area (Å²) >= 11 is 9.72. The molecule has 0 aliphatic rings. The van der Waals surface area contributed by atoms with Crippen LogP contribution in [0.2, 0.25) is 5.02 Å². The smallest absolute Gasteiger partial charge is 0.238 e. The summed E-state index contributed by atoms with van der Waals surface area (Å²) in [6.45, 7) is 1.75. The molecule has 8 heteroatoms. The Morgan fingerprint density at radius 2 is 1.73 bits per heavy atom. The highest BCUT2D eigenvalue weighted by Crippen LogP contribution is 2.25. The fraction of sp³-hybridized carbons (Fsp3) is 0.182. The third-order valence-electron chi connectivity index (χ3n) is 4.52. The summed E-state index contributed by atoms with van der Waals surface area (Å²) in [6.07, 6.45) is 0.759. The van der Waals surface area contributed by atoms with E-state index in [0.29, 0.717) is 18.2 Å². The van der Waals surface area contributed by atoms with Gasteiger partial charge in [-0.2, -0.15) is 0 Å². The molecule has 0 heterocycles. The van der Waals surface area contributed by atoms with Crippen LogP contribution in [0.1, 0.15) is 16.7 Å². The van der Waals surface area contributed by atoms with Crippen LogP contribution in [0.15, 0.2) is 76.1 Å². The van der Waals surface area contributed by atoms with E-state index in [0.717, 1.165) is 39.9 Å². The molecule has 0 amide bonds. The van der Waals surface area contributed by atoms with Crippen LogP contribution >= 0.6 is 27.5 Å². The van der Waals surface area contributed by atoms with Crippen LogP contribution in [-0.4, -0.2) is 15.0 Å². The van der Waals surface area contributed by atoms with Gasteiger partial charge in [0.2, 0.25) is 10.0 Å². The lowest BCUT2D eigenvalue weighted by molar-refractivity contribution is 0.302. The van der Waals surface area contributed by atoms with Gasteiger partial charge in [0.15, 0.2) is 0 Å². The summed E-state index contributed by atoms with van der Waals surface area (Å²) in [5.41, 5.74) is 2.99. The lowest BCUT2D eigenvalue weighted by atomic mass is 10.1. The van der Waals surface area contributed by atoms with Crippen molar-refractivity contribution in [3.8, 4) is 5.75 Å². The molecule has 0 radical (unpaired) electrons. The van der Waals surface area contributed by atoms with Gasteiger partial charge in [-0.25, -0.2) is 13.6 Å². The number of sulfonamides is 1. The molecule has 0 aliphatic carbocycles. The topological polar surface area (TPSA) is 81.4 Å². The molecule has 0 atom stereocenters. The second kappa shape index (κ2) is 10.4. The molecular formula is C22H22BrClN2O3S. The number of rotatable bonds is 9. The van der Waals surface area contributed by atoms with Crippen molar-refractivity contribution >= 4 is 37.6 Å². The van der Waals surface area contributed by atoms with E-state index >= 15 is 0 Å². The normalized spacial score (nSPS) is 11.4. The molecule has 5 nitrogen and oxygen atoms in total. The number of nitrogens with one attached hydrogen (secondary N) is 1. The molecule has 0 unspecified atom stereocenters. The van der Waals surface area contributed by atoms with Crippen LogP contribution in [0.5, 0.6) is 5.75 Å². The van der Waals surface area contributed by atoms with Crippen LogP contribution < -0.4 is 15.2 Å². The van der Waals surface area contributed by atoms with Gasteiger partial charge >= 0.3 is 0 Å². The second-order valence-electron chi connectivity index (χ2n) is 6.75. The first-order valence-corrected chi connectivity index (χ1v) is 12.0. The van der Waals surface area contributed by atoms with Gasteiger partial charge in [-0.1, -0.05) is 57.9 Å². The molecule has 3 aromatic rings. The van der Waals surface area contributed by atoms with E-state index in [9.17, 15) is 8.42 Å². The highest BCUT2D eigenvalue weighted by molar-refractivity contribution is 9.10. The molecule has 0 bridgehead atoms. The molecule has 158 valence electrons.